The standard InChI is InChI=1S/C14H18N2OS2/c1-9-6-10(7-18-9)12(17)16(5)13-15-11(8-19-13)14(2,3)4/h6-8H,1-5H3. The van der Waals surface area contributed by atoms with Crippen molar-refractivity contribution >= 4 is 33.7 Å². The Morgan fingerprint density at radius 3 is 2.42 bits per heavy atom. The molecule has 0 spiro atoms. The molecule has 2 heterocycles. The lowest BCUT2D eigenvalue weighted by Crippen LogP contribution is -2.26. The van der Waals surface area contributed by atoms with E-state index in [9.17, 15) is 4.79 Å². The Hall–Kier alpha value is -1.20. The number of thiophene rings is 1. The van der Waals surface area contributed by atoms with Crippen LogP contribution in [0.1, 0.15) is 41.7 Å². The summed E-state index contributed by atoms with van der Waals surface area (Å²) in [6.07, 6.45) is 0. The van der Waals surface area contributed by atoms with Gasteiger partial charge in [-0.3, -0.25) is 9.69 Å². The fourth-order valence-corrected chi connectivity index (χ4v) is 3.29. The summed E-state index contributed by atoms with van der Waals surface area (Å²) in [7, 11) is 1.78. The largest absolute Gasteiger partial charge is 0.287 e. The highest BCUT2D eigenvalue weighted by Gasteiger charge is 2.21. The lowest BCUT2D eigenvalue weighted by molar-refractivity contribution is 0.0993. The number of hydrogen-bond donors (Lipinski definition) is 0. The van der Waals surface area contributed by atoms with Crippen molar-refractivity contribution in [2.24, 2.45) is 0 Å². The van der Waals surface area contributed by atoms with Crippen LogP contribution in [0.5, 0.6) is 0 Å². The minimum atomic E-state index is -0.000779. The van der Waals surface area contributed by atoms with Crippen molar-refractivity contribution in [3.8, 4) is 0 Å². The third-order valence-corrected chi connectivity index (χ3v) is 4.61. The van der Waals surface area contributed by atoms with E-state index < -0.39 is 0 Å². The fraction of sp³-hybridized carbons (Fsp3) is 0.429. The normalized spacial score (nSPS) is 11.6. The van der Waals surface area contributed by atoms with Crippen molar-refractivity contribution in [3.05, 3.63) is 33.0 Å². The molecule has 3 nitrogen and oxygen atoms in total. The van der Waals surface area contributed by atoms with Crippen LogP contribution in [0.4, 0.5) is 5.13 Å². The molecule has 0 saturated heterocycles. The van der Waals surface area contributed by atoms with Gasteiger partial charge in [-0.05, 0) is 13.0 Å². The van der Waals surface area contributed by atoms with Crippen LogP contribution < -0.4 is 4.90 Å². The molecule has 0 saturated carbocycles. The Labute approximate surface area is 121 Å². The zero-order valence-corrected chi connectivity index (χ0v) is 13.5. The van der Waals surface area contributed by atoms with Crippen LogP contribution in [0, 0.1) is 6.92 Å². The average Bonchev–Trinajstić information content (AvgIpc) is 2.94. The van der Waals surface area contributed by atoms with E-state index in [1.165, 1.54) is 11.3 Å². The molecule has 0 fully saturated rings. The summed E-state index contributed by atoms with van der Waals surface area (Å²) in [5.74, 6) is -0.000779. The Kier molecular flexibility index (Phi) is 3.78. The lowest BCUT2D eigenvalue weighted by Gasteiger charge is -2.16. The molecule has 102 valence electrons. The van der Waals surface area contributed by atoms with Crippen molar-refractivity contribution in [2.45, 2.75) is 33.1 Å². The van der Waals surface area contributed by atoms with E-state index in [4.69, 9.17) is 0 Å². The van der Waals surface area contributed by atoms with E-state index in [-0.39, 0.29) is 11.3 Å². The minimum Gasteiger partial charge on any atom is -0.287 e. The summed E-state index contributed by atoms with van der Waals surface area (Å²) >= 11 is 3.10. The molecule has 0 radical (unpaired) electrons. The van der Waals surface area contributed by atoms with E-state index in [1.54, 1.807) is 23.3 Å². The van der Waals surface area contributed by atoms with Gasteiger partial charge in [-0.2, -0.15) is 0 Å². The molecule has 0 atom stereocenters. The number of hydrogen-bond acceptors (Lipinski definition) is 4. The highest BCUT2D eigenvalue weighted by molar-refractivity contribution is 7.14. The van der Waals surface area contributed by atoms with Crippen molar-refractivity contribution in [1.29, 1.82) is 0 Å². The first-order valence-corrected chi connectivity index (χ1v) is 7.84. The Morgan fingerprint density at radius 1 is 1.26 bits per heavy atom. The number of thiazole rings is 1. The highest BCUT2D eigenvalue weighted by Crippen LogP contribution is 2.29. The maximum atomic E-state index is 12.3. The SMILES string of the molecule is Cc1cc(C(=O)N(C)c2nc(C(C)(C)C)cs2)cs1. The van der Waals surface area contributed by atoms with Crippen LogP contribution in [0.25, 0.3) is 0 Å². The Balaban J connectivity index is 2.22. The second-order valence-electron chi connectivity index (χ2n) is 5.58. The first kappa shape index (κ1) is 14.2. The first-order chi connectivity index (χ1) is 8.79. The van der Waals surface area contributed by atoms with Gasteiger partial charge in [-0.25, -0.2) is 4.98 Å². The van der Waals surface area contributed by atoms with Gasteiger partial charge in [0.1, 0.15) is 0 Å². The molecule has 0 aliphatic carbocycles. The number of amides is 1. The van der Waals surface area contributed by atoms with Crippen molar-refractivity contribution in [1.82, 2.24) is 4.98 Å². The fourth-order valence-electron chi connectivity index (χ4n) is 1.60. The molecule has 2 aromatic rings. The smallest absolute Gasteiger partial charge is 0.260 e. The summed E-state index contributed by atoms with van der Waals surface area (Å²) < 4.78 is 0. The number of rotatable bonds is 2. The number of aryl methyl sites for hydroxylation is 1. The molecular weight excluding hydrogens is 276 g/mol. The molecule has 2 rings (SSSR count). The van der Waals surface area contributed by atoms with Gasteiger partial charge in [0, 0.05) is 28.1 Å². The molecule has 0 aliphatic rings. The van der Waals surface area contributed by atoms with Crippen LogP contribution >= 0.6 is 22.7 Å². The van der Waals surface area contributed by atoms with E-state index in [0.29, 0.717) is 0 Å². The number of nitrogens with zero attached hydrogens (tertiary/aromatic N) is 2. The van der Waals surface area contributed by atoms with E-state index in [0.717, 1.165) is 21.3 Å². The topological polar surface area (TPSA) is 33.2 Å². The van der Waals surface area contributed by atoms with Crippen LogP contribution in [0.2, 0.25) is 0 Å². The molecule has 0 aromatic carbocycles. The molecule has 19 heavy (non-hydrogen) atoms. The van der Waals surface area contributed by atoms with Gasteiger partial charge in [0.05, 0.1) is 11.3 Å². The van der Waals surface area contributed by atoms with E-state index in [2.05, 4.69) is 25.8 Å². The third kappa shape index (κ3) is 3.04. The van der Waals surface area contributed by atoms with E-state index in [1.807, 2.05) is 23.8 Å². The van der Waals surface area contributed by atoms with Gasteiger partial charge >= 0.3 is 0 Å². The summed E-state index contributed by atoms with van der Waals surface area (Å²) in [5, 5.41) is 4.67. The summed E-state index contributed by atoms with van der Waals surface area (Å²) in [6, 6.07) is 1.92. The summed E-state index contributed by atoms with van der Waals surface area (Å²) in [5.41, 5.74) is 1.77. The van der Waals surface area contributed by atoms with Gasteiger partial charge in [0.25, 0.3) is 5.91 Å². The molecule has 0 bridgehead atoms. The maximum Gasteiger partial charge on any atom is 0.260 e. The third-order valence-electron chi connectivity index (χ3n) is 2.83. The number of carbonyl (C=O) groups is 1. The first-order valence-electron chi connectivity index (χ1n) is 6.08. The van der Waals surface area contributed by atoms with Gasteiger partial charge in [-0.1, -0.05) is 20.8 Å². The highest BCUT2D eigenvalue weighted by atomic mass is 32.1. The minimum absolute atomic E-state index is 0.000779. The van der Waals surface area contributed by atoms with Crippen LogP contribution in [0.3, 0.4) is 0 Å². The maximum absolute atomic E-state index is 12.3. The molecule has 1 amide bonds. The Bertz CT molecular complexity index is 593. The quantitative estimate of drug-likeness (QED) is 0.836. The van der Waals surface area contributed by atoms with Gasteiger partial charge in [0.2, 0.25) is 0 Å². The molecule has 2 aromatic heterocycles. The van der Waals surface area contributed by atoms with Crippen LogP contribution in [0.15, 0.2) is 16.8 Å². The molecule has 5 heteroatoms. The monoisotopic (exact) mass is 294 g/mol. The van der Waals surface area contributed by atoms with Crippen LogP contribution in [-0.4, -0.2) is 17.9 Å². The second-order valence-corrected chi connectivity index (χ2v) is 7.53. The predicted molar refractivity (Wildman–Crippen MR) is 82.6 cm³/mol. The molecule has 0 N–H and O–H groups in total. The average molecular weight is 294 g/mol. The van der Waals surface area contributed by atoms with Gasteiger partial charge in [0.15, 0.2) is 5.13 Å². The number of carbonyl (C=O) groups excluding carboxylic acids is 1. The van der Waals surface area contributed by atoms with Gasteiger partial charge < -0.3 is 0 Å². The summed E-state index contributed by atoms with van der Waals surface area (Å²) in [6.45, 7) is 8.37. The number of aromatic nitrogens is 1. The number of anilines is 1. The second kappa shape index (κ2) is 5.06. The summed E-state index contributed by atoms with van der Waals surface area (Å²) in [4.78, 5) is 19.6. The van der Waals surface area contributed by atoms with E-state index >= 15 is 0 Å². The zero-order valence-electron chi connectivity index (χ0n) is 11.9. The van der Waals surface area contributed by atoms with Crippen molar-refractivity contribution in [3.63, 3.8) is 0 Å². The van der Waals surface area contributed by atoms with Crippen LogP contribution in [-0.2, 0) is 5.41 Å². The lowest BCUT2D eigenvalue weighted by atomic mass is 9.93. The Morgan fingerprint density at radius 2 is 1.95 bits per heavy atom. The van der Waals surface area contributed by atoms with Crippen molar-refractivity contribution in [2.75, 3.05) is 11.9 Å². The molecule has 0 unspecified atom stereocenters. The van der Waals surface area contributed by atoms with Gasteiger partial charge in [-0.15, -0.1) is 22.7 Å². The van der Waals surface area contributed by atoms with Crippen molar-refractivity contribution < 1.29 is 4.79 Å². The molecular formula is C14H18N2OS2. The predicted octanol–water partition coefficient (Wildman–Crippen LogP) is 4.09. The zero-order chi connectivity index (χ0) is 14.2. The molecule has 0 aliphatic heterocycles.